The van der Waals surface area contributed by atoms with Gasteiger partial charge < -0.3 is 9.80 Å². The Morgan fingerprint density at radius 3 is 2.08 bits per heavy atom. The molecular formula is C10H20N2S. The molecule has 0 bridgehead atoms. The zero-order valence-electron chi connectivity index (χ0n) is 8.92. The molecule has 2 nitrogen and oxygen atoms in total. The van der Waals surface area contributed by atoms with Crippen molar-refractivity contribution in [2.24, 2.45) is 0 Å². The molecule has 0 aromatic heterocycles. The molecule has 0 radical (unpaired) electrons. The van der Waals surface area contributed by atoms with Crippen molar-refractivity contribution in [3.05, 3.63) is 0 Å². The van der Waals surface area contributed by atoms with Crippen LogP contribution in [0.3, 0.4) is 0 Å². The first kappa shape index (κ1) is 10.8. The molecule has 3 heteroatoms. The number of hydrogen-bond donors (Lipinski definition) is 0. The molecule has 0 aromatic rings. The maximum Gasteiger partial charge on any atom is 0.171 e. The lowest BCUT2D eigenvalue weighted by Gasteiger charge is -2.35. The van der Waals surface area contributed by atoms with E-state index in [0.717, 1.165) is 5.11 Å². The van der Waals surface area contributed by atoms with E-state index in [1.54, 1.807) is 0 Å². The van der Waals surface area contributed by atoms with Gasteiger partial charge in [-0.05, 0) is 25.1 Å². The molecule has 0 saturated heterocycles. The molecule has 0 amide bonds. The third kappa shape index (κ3) is 2.83. The maximum atomic E-state index is 5.33. The van der Waals surface area contributed by atoms with Crippen molar-refractivity contribution in [1.82, 2.24) is 9.80 Å². The van der Waals surface area contributed by atoms with Crippen LogP contribution in [0.15, 0.2) is 0 Å². The van der Waals surface area contributed by atoms with E-state index in [0.29, 0.717) is 6.04 Å². The molecule has 0 N–H and O–H groups in total. The van der Waals surface area contributed by atoms with Crippen LogP contribution >= 0.6 is 12.2 Å². The van der Waals surface area contributed by atoms with Gasteiger partial charge in [0.25, 0.3) is 0 Å². The Kier molecular flexibility index (Phi) is 3.97. The summed E-state index contributed by atoms with van der Waals surface area (Å²) >= 11 is 5.33. The Labute approximate surface area is 86.9 Å². The Bertz CT molecular complexity index is 174. The van der Waals surface area contributed by atoms with Crippen molar-refractivity contribution in [3.63, 3.8) is 0 Å². The third-order valence-electron chi connectivity index (χ3n) is 2.81. The minimum absolute atomic E-state index is 0.684. The van der Waals surface area contributed by atoms with Gasteiger partial charge in [0.1, 0.15) is 0 Å². The van der Waals surface area contributed by atoms with Crippen LogP contribution in [0.2, 0.25) is 0 Å². The van der Waals surface area contributed by atoms with Crippen molar-refractivity contribution >= 4 is 17.3 Å². The van der Waals surface area contributed by atoms with Crippen LogP contribution in [0.1, 0.15) is 32.1 Å². The van der Waals surface area contributed by atoms with E-state index in [1.165, 1.54) is 32.1 Å². The van der Waals surface area contributed by atoms with Crippen LogP contribution in [0.4, 0.5) is 0 Å². The molecule has 0 aromatic carbocycles. The maximum absolute atomic E-state index is 5.33. The summed E-state index contributed by atoms with van der Waals surface area (Å²) < 4.78 is 0. The Balaban J connectivity index is 2.45. The van der Waals surface area contributed by atoms with Gasteiger partial charge in [-0.1, -0.05) is 19.3 Å². The third-order valence-corrected chi connectivity index (χ3v) is 3.46. The second kappa shape index (κ2) is 4.80. The van der Waals surface area contributed by atoms with Crippen LogP contribution < -0.4 is 0 Å². The SMILES string of the molecule is CN(C)C(=S)N(C)C1CCCCC1. The van der Waals surface area contributed by atoms with E-state index in [4.69, 9.17) is 12.2 Å². The van der Waals surface area contributed by atoms with Crippen LogP contribution in [-0.4, -0.2) is 42.1 Å². The van der Waals surface area contributed by atoms with Gasteiger partial charge >= 0.3 is 0 Å². The summed E-state index contributed by atoms with van der Waals surface area (Å²) in [6.45, 7) is 0. The highest BCUT2D eigenvalue weighted by Gasteiger charge is 2.20. The minimum Gasteiger partial charge on any atom is -0.355 e. The molecule has 0 aliphatic heterocycles. The average molecular weight is 200 g/mol. The van der Waals surface area contributed by atoms with Gasteiger partial charge in [0.15, 0.2) is 5.11 Å². The predicted molar refractivity (Wildman–Crippen MR) is 60.9 cm³/mol. The van der Waals surface area contributed by atoms with Gasteiger partial charge in [0.05, 0.1) is 0 Å². The first-order valence-electron chi connectivity index (χ1n) is 5.07. The zero-order valence-corrected chi connectivity index (χ0v) is 9.73. The largest absolute Gasteiger partial charge is 0.355 e. The normalized spacial score (nSPS) is 18.4. The average Bonchev–Trinajstić information content (AvgIpc) is 2.17. The fourth-order valence-corrected chi connectivity index (χ4v) is 2.09. The lowest BCUT2D eigenvalue weighted by Crippen LogP contribution is -2.43. The van der Waals surface area contributed by atoms with E-state index < -0.39 is 0 Å². The molecule has 1 saturated carbocycles. The molecule has 76 valence electrons. The minimum atomic E-state index is 0.684. The number of nitrogens with zero attached hydrogens (tertiary/aromatic N) is 2. The van der Waals surface area contributed by atoms with E-state index in [9.17, 15) is 0 Å². The Morgan fingerprint density at radius 2 is 1.62 bits per heavy atom. The van der Waals surface area contributed by atoms with E-state index >= 15 is 0 Å². The van der Waals surface area contributed by atoms with Crippen molar-refractivity contribution in [2.45, 2.75) is 38.1 Å². The molecule has 0 atom stereocenters. The summed E-state index contributed by atoms with van der Waals surface area (Å²) in [6.07, 6.45) is 6.75. The second-order valence-corrected chi connectivity index (χ2v) is 4.44. The first-order valence-corrected chi connectivity index (χ1v) is 5.48. The highest BCUT2D eigenvalue weighted by molar-refractivity contribution is 7.80. The van der Waals surface area contributed by atoms with Crippen LogP contribution in [-0.2, 0) is 0 Å². The quantitative estimate of drug-likeness (QED) is 0.599. The van der Waals surface area contributed by atoms with E-state index in [1.807, 2.05) is 19.0 Å². The first-order chi connectivity index (χ1) is 6.13. The fourth-order valence-electron chi connectivity index (χ4n) is 1.94. The molecule has 0 spiro atoms. The van der Waals surface area contributed by atoms with Gasteiger partial charge in [-0.15, -0.1) is 0 Å². The van der Waals surface area contributed by atoms with Crippen LogP contribution in [0.25, 0.3) is 0 Å². The van der Waals surface area contributed by atoms with Gasteiger partial charge in [-0.25, -0.2) is 0 Å². The standard InChI is InChI=1S/C10H20N2S/c1-11(2)10(13)12(3)9-7-5-4-6-8-9/h9H,4-8H2,1-3H3. The van der Waals surface area contributed by atoms with Gasteiger partial charge in [0.2, 0.25) is 0 Å². The van der Waals surface area contributed by atoms with E-state index in [-0.39, 0.29) is 0 Å². The highest BCUT2D eigenvalue weighted by Crippen LogP contribution is 2.21. The predicted octanol–water partition coefficient (Wildman–Crippen LogP) is 2.10. The van der Waals surface area contributed by atoms with Crippen LogP contribution in [0.5, 0.6) is 0 Å². The molecule has 0 unspecified atom stereocenters. The molecule has 1 rings (SSSR count). The van der Waals surface area contributed by atoms with Crippen LogP contribution in [0, 0.1) is 0 Å². The molecule has 13 heavy (non-hydrogen) atoms. The second-order valence-electron chi connectivity index (χ2n) is 4.08. The molecule has 1 fully saturated rings. The lowest BCUT2D eigenvalue weighted by atomic mass is 9.95. The summed E-state index contributed by atoms with van der Waals surface area (Å²) in [5.41, 5.74) is 0. The zero-order chi connectivity index (χ0) is 9.84. The number of rotatable bonds is 1. The van der Waals surface area contributed by atoms with Crippen molar-refractivity contribution in [3.8, 4) is 0 Å². The Morgan fingerprint density at radius 1 is 1.08 bits per heavy atom. The summed E-state index contributed by atoms with van der Waals surface area (Å²) in [5, 5.41) is 0.965. The molecule has 1 aliphatic carbocycles. The summed E-state index contributed by atoms with van der Waals surface area (Å²) in [5.74, 6) is 0. The summed E-state index contributed by atoms with van der Waals surface area (Å²) in [4.78, 5) is 4.28. The summed E-state index contributed by atoms with van der Waals surface area (Å²) in [6, 6.07) is 0.684. The Hall–Kier alpha value is -0.310. The molecule has 1 aliphatic rings. The van der Waals surface area contributed by atoms with Gasteiger partial charge in [0, 0.05) is 27.2 Å². The van der Waals surface area contributed by atoms with Gasteiger partial charge in [-0.2, -0.15) is 0 Å². The number of thiocarbonyl (C=S) groups is 1. The fraction of sp³-hybridized carbons (Fsp3) is 0.900. The van der Waals surface area contributed by atoms with Gasteiger partial charge in [-0.3, -0.25) is 0 Å². The lowest BCUT2D eigenvalue weighted by molar-refractivity contribution is 0.263. The van der Waals surface area contributed by atoms with E-state index in [2.05, 4.69) is 11.9 Å². The molecule has 0 heterocycles. The smallest absolute Gasteiger partial charge is 0.171 e. The molecular weight excluding hydrogens is 180 g/mol. The van der Waals surface area contributed by atoms with Crippen molar-refractivity contribution in [1.29, 1.82) is 0 Å². The monoisotopic (exact) mass is 200 g/mol. The summed E-state index contributed by atoms with van der Waals surface area (Å²) in [7, 11) is 6.15. The highest BCUT2D eigenvalue weighted by atomic mass is 32.1. The topological polar surface area (TPSA) is 6.48 Å². The van der Waals surface area contributed by atoms with Crippen molar-refractivity contribution in [2.75, 3.05) is 21.1 Å². The van der Waals surface area contributed by atoms with Crippen molar-refractivity contribution < 1.29 is 0 Å². The number of hydrogen-bond acceptors (Lipinski definition) is 1.